The number of rotatable bonds is 4. The molecule has 0 aromatic carbocycles. The van der Waals surface area contributed by atoms with E-state index in [2.05, 4.69) is 30.2 Å². The van der Waals surface area contributed by atoms with Crippen molar-refractivity contribution in [3.8, 4) is 11.5 Å². The highest BCUT2D eigenvalue weighted by molar-refractivity contribution is 5.59. The van der Waals surface area contributed by atoms with Crippen LogP contribution in [0.25, 0.3) is 11.5 Å². The first-order valence-electron chi connectivity index (χ1n) is 10.1. The van der Waals surface area contributed by atoms with Crippen molar-refractivity contribution < 1.29 is 18.3 Å². The zero-order valence-electron chi connectivity index (χ0n) is 17.6. The fraction of sp³-hybridized carbons (Fsp3) is 0.381. The topological polar surface area (TPSA) is 100.0 Å². The average Bonchev–Trinajstić information content (AvgIpc) is 2.73. The summed E-state index contributed by atoms with van der Waals surface area (Å²) in [5, 5.41) is 13.1. The molecule has 4 rings (SSSR count). The number of alkyl halides is 3. The van der Waals surface area contributed by atoms with E-state index in [9.17, 15) is 18.3 Å². The van der Waals surface area contributed by atoms with Crippen LogP contribution in [-0.2, 0) is 6.18 Å². The normalized spacial score (nSPS) is 16.1. The van der Waals surface area contributed by atoms with Crippen LogP contribution >= 0.6 is 0 Å². The minimum absolute atomic E-state index is 0.0879. The van der Waals surface area contributed by atoms with Gasteiger partial charge in [-0.25, -0.2) is 4.98 Å². The molecule has 0 radical (unpaired) electrons. The molecule has 2 N–H and O–H groups in total. The van der Waals surface area contributed by atoms with Crippen molar-refractivity contribution >= 4 is 17.6 Å². The Morgan fingerprint density at radius 3 is 2.50 bits per heavy atom. The lowest BCUT2D eigenvalue weighted by Crippen LogP contribution is -2.43. The highest BCUT2D eigenvalue weighted by Gasteiger charge is 2.33. The third kappa shape index (κ3) is 5.10. The van der Waals surface area contributed by atoms with Gasteiger partial charge in [0.2, 0.25) is 11.9 Å². The molecule has 168 valence electrons. The Morgan fingerprint density at radius 1 is 1.06 bits per heavy atom. The van der Waals surface area contributed by atoms with Gasteiger partial charge < -0.3 is 15.3 Å². The number of aromatic nitrogens is 5. The van der Waals surface area contributed by atoms with E-state index in [1.807, 2.05) is 24.0 Å². The number of nitrogens with one attached hydrogen (secondary N) is 1. The lowest BCUT2D eigenvalue weighted by Gasteiger charge is -2.35. The fourth-order valence-corrected chi connectivity index (χ4v) is 3.33. The molecular weight excluding hydrogens is 423 g/mol. The Morgan fingerprint density at radius 2 is 1.81 bits per heavy atom. The molecule has 1 saturated heterocycles. The molecule has 3 aromatic heterocycles. The molecule has 11 heteroatoms. The largest absolute Gasteiger partial charge is 0.433 e. The molecule has 0 atom stereocenters. The van der Waals surface area contributed by atoms with Crippen LogP contribution in [-0.4, -0.2) is 48.7 Å². The molecular formula is C21H22F3N7O. The molecule has 0 unspecified atom stereocenters. The summed E-state index contributed by atoms with van der Waals surface area (Å²) in [6.45, 7) is 4.69. The van der Waals surface area contributed by atoms with E-state index in [-0.39, 0.29) is 11.6 Å². The van der Waals surface area contributed by atoms with Gasteiger partial charge in [-0.3, -0.25) is 4.98 Å². The second-order valence-electron chi connectivity index (χ2n) is 7.98. The van der Waals surface area contributed by atoms with E-state index in [0.29, 0.717) is 43.4 Å². The summed E-state index contributed by atoms with van der Waals surface area (Å²) in [5.41, 5.74) is -0.329. The van der Waals surface area contributed by atoms with Crippen LogP contribution in [0, 0.1) is 6.92 Å². The molecule has 0 amide bonds. The van der Waals surface area contributed by atoms with Gasteiger partial charge in [0.25, 0.3) is 0 Å². The number of aryl methyl sites for hydroxylation is 1. The number of hydrogen-bond acceptors (Lipinski definition) is 8. The van der Waals surface area contributed by atoms with Gasteiger partial charge in [0, 0.05) is 30.7 Å². The van der Waals surface area contributed by atoms with Crippen molar-refractivity contribution in [2.24, 2.45) is 0 Å². The molecule has 8 nitrogen and oxygen atoms in total. The highest BCUT2D eigenvalue weighted by Crippen LogP contribution is 2.30. The number of hydrogen-bond donors (Lipinski definition) is 2. The summed E-state index contributed by atoms with van der Waals surface area (Å²) in [6, 6.07) is 7.72. The van der Waals surface area contributed by atoms with Crippen LogP contribution in [0.5, 0.6) is 0 Å². The van der Waals surface area contributed by atoms with E-state index in [0.717, 1.165) is 18.0 Å². The molecule has 4 heterocycles. The van der Waals surface area contributed by atoms with Crippen molar-refractivity contribution in [3.05, 3.63) is 47.9 Å². The van der Waals surface area contributed by atoms with Gasteiger partial charge in [-0.2, -0.15) is 28.1 Å². The number of aliphatic hydroxyl groups is 1. The second-order valence-corrected chi connectivity index (χ2v) is 7.98. The Hall–Kier alpha value is -3.34. The van der Waals surface area contributed by atoms with E-state index in [1.165, 1.54) is 6.07 Å². The van der Waals surface area contributed by atoms with Crippen LogP contribution in [0.1, 0.15) is 31.2 Å². The zero-order valence-corrected chi connectivity index (χ0v) is 17.6. The van der Waals surface area contributed by atoms with Crippen LogP contribution in [0.4, 0.5) is 30.8 Å². The summed E-state index contributed by atoms with van der Waals surface area (Å²) in [6.07, 6.45) is -2.41. The van der Waals surface area contributed by atoms with Crippen LogP contribution < -0.4 is 10.2 Å². The number of nitrogens with zero attached hydrogens (tertiary/aromatic N) is 6. The Bertz CT molecular complexity index is 1110. The predicted octanol–water partition coefficient (Wildman–Crippen LogP) is 3.75. The Kier molecular flexibility index (Phi) is 5.68. The molecule has 0 bridgehead atoms. The quantitative estimate of drug-likeness (QED) is 0.626. The summed E-state index contributed by atoms with van der Waals surface area (Å²) in [4.78, 5) is 23.1. The van der Waals surface area contributed by atoms with Crippen LogP contribution in [0.3, 0.4) is 0 Å². The van der Waals surface area contributed by atoms with E-state index >= 15 is 0 Å². The first-order chi connectivity index (χ1) is 15.1. The minimum Gasteiger partial charge on any atom is -0.390 e. The zero-order chi connectivity index (χ0) is 22.9. The van der Waals surface area contributed by atoms with Gasteiger partial charge >= 0.3 is 6.18 Å². The third-order valence-electron chi connectivity index (χ3n) is 5.17. The third-order valence-corrected chi connectivity index (χ3v) is 5.17. The summed E-state index contributed by atoms with van der Waals surface area (Å²) in [7, 11) is 0. The van der Waals surface area contributed by atoms with Crippen molar-refractivity contribution in [2.45, 2.75) is 38.5 Å². The molecule has 32 heavy (non-hydrogen) atoms. The fourth-order valence-electron chi connectivity index (χ4n) is 3.33. The number of piperidine rings is 1. The molecule has 0 aliphatic carbocycles. The maximum absolute atomic E-state index is 13.0. The van der Waals surface area contributed by atoms with Gasteiger partial charge in [0.15, 0.2) is 5.82 Å². The van der Waals surface area contributed by atoms with Crippen molar-refractivity contribution in [1.29, 1.82) is 0 Å². The van der Waals surface area contributed by atoms with Crippen LogP contribution in [0.15, 0.2) is 36.5 Å². The van der Waals surface area contributed by atoms with Gasteiger partial charge in [-0.1, -0.05) is 6.07 Å². The number of anilines is 3. The summed E-state index contributed by atoms with van der Waals surface area (Å²) >= 11 is 0. The Balaban J connectivity index is 1.71. The lowest BCUT2D eigenvalue weighted by molar-refractivity contribution is -0.141. The second kappa shape index (κ2) is 8.30. The van der Waals surface area contributed by atoms with Gasteiger partial charge in [-0.05, 0) is 51.0 Å². The smallest absolute Gasteiger partial charge is 0.390 e. The summed E-state index contributed by atoms with van der Waals surface area (Å²) in [5.74, 6) is 0.745. The van der Waals surface area contributed by atoms with E-state index in [1.54, 1.807) is 13.0 Å². The standard InChI is InChI=1S/C21H22F3N7O/c1-13-4-3-5-15(26-13)17-28-18(27-14-6-9-25-16(12-14)21(22,23)24)30-19(29-17)31-10-7-20(2,32)8-11-31/h3-6,9,12,32H,7-8,10-11H2,1-2H3,(H,25,27,28,29,30). The van der Waals surface area contributed by atoms with Crippen LogP contribution in [0.2, 0.25) is 0 Å². The van der Waals surface area contributed by atoms with Gasteiger partial charge in [0.05, 0.1) is 5.60 Å². The van der Waals surface area contributed by atoms with E-state index < -0.39 is 17.5 Å². The molecule has 0 saturated carbocycles. The molecule has 3 aromatic rings. The lowest BCUT2D eigenvalue weighted by atomic mass is 9.94. The number of pyridine rings is 2. The average molecular weight is 445 g/mol. The van der Waals surface area contributed by atoms with Crippen molar-refractivity contribution in [3.63, 3.8) is 0 Å². The summed E-state index contributed by atoms with van der Waals surface area (Å²) < 4.78 is 39.1. The SMILES string of the molecule is Cc1cccc(-c2nc(Nc3ccnc(C(F)(F)F)c3)nc(N3CCC(C)(O)CC3)n2)n1. The monoisotopic (exact) mass is 445 g/mol. The first kappa shape index (κ1) is 21.9. The Labute approximate surface area is 182 Å². The maximum atomic E-state index is 13.0. The molecule has 0 spiro atoms. The molecule has 1 aliphatic rings. The molecule has 1 fully saturated rings. The first-order valence-corrected chi connectivity index (χ1v) is 10.1. The van der Waals surface area contributed by atoms with Crippen molar-refractivity contribution in [1.82, 2.24) is 24.9 Å². The minimum atomic E-state index is -4.57. The van der Waals surface area contributed by atoms with E-state index in [4.69, 9.17) is 0 Å². The van der Waals surface area contributed by atoms with Gasteiger partial charge in [0.1, 0.15) is 11.4 Å². The van der Waals surface area contributed by atoms with Gasteiger partial charge in [-0.15, -0.1) is 0 Å². The highest BCUT2D eigenvalue weighted by atomic mass is 19.4. The van der Waals surface area contributed by atoms with Crippen molar-refractivity contribution in [2.75, 3.05) is 23.3 Å². The molecule has 1 aliphatic heterocycles. The predicted molar refractivity (Wildman–Crippen MR) is 112 cm³/mol. The maximum Gasteiger partial charge on any atom is 0.433 e. The number of halogens is 3.